The largest absolute Gasteiger partial charge is 0.481 e. The van der Waals surface area contributed by atoms with Gasteiger partial charge in [0.05, 0.1) is 18.6 Å². The van der Waals surface area contributed by atoms with Crippen LogP contribution in [0.3, 0.4) is 0 Å². The minimum Gasteiger partial charge on any atom is -0.481 e. The average Bonchev–Trinajstić information content (AvgIpc) is 2.91. The monoisotopic (exact) mass is 229 g/mol. The fourth-order valence-electron chi connectivity index (χ4n) is 1.62. The number of rotatable bonds is 7. The first-order valence-electron chi connectivity index (χ1n) is 5.98. The lowest BCUT2D eigenvalue weighted by Gasteiger charge is -2.25. The van der Waals surface area contributed by atoms with Crippen molar-refractivity contribution < 1.29 is 14.6 Å². The van der Waals surface area contributed by atoms with Crippen LogP contribution in [-0.2, 0) is 9.53 Å². The molecular formula is C12H23NO3. The Bertz CT molecular complexity index is 231. The maximum absolute atomic E-state index is 10.5. The number of aliphatic carboxylic acids is 1. The second-order valence-electron chi connectivity index (χ2n) is 5.37. The van der Waals surface area contributed by atoms with Gasteiger partial charge in [-0.1, -0.05) is 0 Å². The summed E-state index contributed by atoms with van der Waals surface area (Å²) in [4.78, 5) is 12.8. The molecule has 1 N–H and O–H groups in total. The third kappa shape index (κ3) is 6.08. The molecule has 94 valence electrons. The molecule has 4 heteroatoms. The predicted molar refractivity (Wildman–Crippen MR) is 62.6 cm³/mol. The molecule has 0 aromatic rings. The molecule has 0 radical (unpaired) electrons. The maximum atomic E-state index is 10.5. The van der Waals surface area contributed by atoms with Gasteiger partial charge < -0.3 is 9.84 Å². The van der Waals surface area contributed by atoms with Crippen molar-refractivity contribution in [2.24, 2.45) is 0 Å². The zero-order chi connectivity index (χ0) is 12.2. The number of ether oxygens (including phenoxy) is 1. The zero-order valence-electron chi connectivity index (χ0n) is 10.5. The van der Waals surface area contributed by atoms with Crippen LogP contribution in [-0.4, -0.2) is 47.3 Å². The quantitative estimate of drug-likeness (QED) is 0.722. The van der Waals surface area contributed by atoms with Crippen LogP contribution in [0.4, 0.5) is 0 Å². The van der Waals surface area contributed by atoms with Gasteiger partial charge in [0.25, 0.3) is 0 Å². The molecule has 1 rings (SSSR count). The molecule has 0 atom stereocenters. The van der Waals surface area contributed by atoms with Gasteiger partial charge in [-0.05, 0) is 33.6 Å². The van der Waals surface area contributed by atoms with E-state index in [0.29, 0.717) is 19.2 Å². The number of carboxylic acids is 1. The Morgan fingerprint density at radius 3 is 2.44 bits per heavy atom. The lowest BCUT2D eigenvalue weighted by molar-refractivity contribution is -0.137. The normalized spacial score (nSPS) is 16.8. The molecule has 1 aliphatic rings. The molecule has 1 fully saturated rings. The van der Waals surface area contributed by atoms with Crippen molar-refractivity contribution in [2.75, 3.05) is 19.7 Å². The SMILES string of the molecule is CC(C)(C)OCCN(CCC(=O)O)C1CC1. The Labute approximate surface area is 97.6 Å². The van der Waals surface area contributed by atoms with Gasteiger partial charge >= 0.3 is 5.97 Å². The van der Waals surface area contributed by atoms with E-state index < -0.39 is 5.97 Å². The van der Waals surface area contributed by atoms with Gasteiger partial charge in [0.2, 0.25) is 0 Å². The molecule has 0 unspecified atom stereocenters. The van der Waals surface area contributed by atoms with Crippen molar-refractivity contribution in [1.29, 1.82) is 0 Å². The molecule has 0 aromatic heterocycles. The Kier molecular flexibility index (Phi) is 4.74. The Morgan fingerprint density at radius 2 is 2.00 bits per heavy atom. The third-order valence-corrected chi connectivity index (χ3v) is 2.59. The Hall–Kier alpha value is -0.610. The van der Waals surface area contributed by atoms with Crippen LogP contribution in [0.15, 0.2) is 0 Å². The number of carbonyl (C=O) groups is 1. The van der Waals surface area contributed by atoms with E-state index in [2.05, 4.69) is 4.90 Å². The van der Waals surface area contributed by atoms with Crippen LogP contribution in [0, 0.1) is 0 Å². The molecule has 0 bridgehead atoms. The second-order valence-corrected chi connectivity index (χ2v) is 5.37. The molecule has 0 aliphatic heterocycles. The zero-order valence-corrected chi connectivity index (χ0v) is 10.5. The van der Waals surface area contributed by atoms with E-state index in [1.807, 2.05) is 20.8 Å². The highest BCUT2D eigenvalue weighted by molar-refractivity contribution is 5.66. The molecule has 0 heterocycles. The minimum absolute atomic E-state index is 0.109. The van der Waals surface area contributed by atoms with Gasteiger partial charge in [-0.2, -0.15) is 0 Å². The van der Waals surface area contributed by atoms with E-state index in [1.54, 1.807) is 0 Å². The van der Waals surface area contributed by atoms with Crippen molar-refractivity contribution >= 4 is 5.97 Å². The van der Waals surface area contributed by atoms with Crippen LogP contribution in [0.2, 0.25) is 0 Å². The first kappa shape index (κ1) is 13.5. The van der Waals surface area contributed by atoms with Crippen molar-refractivity contribution in [3.63, 3.8) is 0 Å². The van der Waals surface area contributed by atoms with Crippen molar-refractivity contribution in [3.8, 4) is 0 Å². The van der Waals surface area contributed by atoms with Crippen LogP contribution >= 0.6 is 0 Å². The summed E-state index contributed by atoms with van der Waals surface area (Å²) in [7, 11) is 0. The number of hydrogen-bond donors (Lipinski definition) is 1. The lowest BCUT2D eigenvalue weighted by atomic mass is 10.2. The number of hydrogen-bond acceptors (Lipinski definition) is 3. The van der Waals surface area contributed by atoms with Crippen molar-refractivity contribution in [2.45, 2.75) is 51.7 Å². The maximum Gasteiger partial charge on any atom is 0.304 e. The number of nitrogens with zero attached hydrogens (tertiary/aromatic N) is 1. The van der Waals surface area contributed by atoms with E-state index in [0.717, 1.165) is 6.54 Å². The van der Waals surface area contributed by atoms with Crippen LogP contribution < -0.4 is 0 Å². The van der Waals surface area contributed by atoms with Gasteiger partial charge in [-0.15, -0.1) is 0 Å². The average molecular weight is 229 g/mol. The third-order valence-electron chi connectivity index (χ3n) is 2.59. The summed E-state index contributed by atoms with van der Waals surface area (Å²) in [5.74, 6) is -0.720. The van der Waals surface area contributed by atoms with Gasteiger partial charge in [0.15, 0.2) is 0 Å². The summed E-state index contributed by atoms with van der Waals surface area (Å²) in [5.41, 5.74) is -0.109. The molecule has 1 aliphatic carbocycles. The lowest BCUT2D eigenvalue weighted by Crippen LogP contribution is -2.34. The molecule has 0 spiro atoms. The van der Waals surface area contributed by atoms with E-state index in [1.165, 1.54) is 12.8 Å². The summed E-state index contributed by atoms with van der Waals surface area (Å²) in [6.07, 6.45) is 2.64. The minimum atomic E-state index is -0.720. The van der Waals surface area contributed by atoms with Crippen molar-refractivity contribution in [1.82, 2.24) is 4.90 Å². The smallest absolute Gasteiger partial charge is 0.304 e. The van der Waals surface area contributed by atoms with Crippen LogP contribution in [0.1, 0.15) is 40.0 Å². The molecule has 1 saturated carbocycles. The molecule has 0 amide bonds. The first-order chi connectivity index (χ1) is 7.38. The fourth-order valence-corrected chi connectivity index (χ4v) is 1.62. The fraction of sp³-hybridized carbons (Fsp3) is 0.917. The van der Waals surface area contributed by atoms with Crippen LogP contribution in [0.5, 0.6) is 0 Å². The molecule has 0 aromatic carbocycles. The van der Waals surface area contributed by atoms with Gasteiger partial charge in [-0.25, -0.2) is 0 Å². The summed E-state index contributed by atoms with van der Waals surface area (Å²) in [6, 6.07) is 0.600. The Morgan fingerprint density at radius 1 is 1.38 bits per heavy atom. The highest BCUT2D eigenvalue weighted by atomic mass is 16.5. The summed E-state index contributed by atoms with van der Waals surface area (Å²) < 4.78 is 5.66. The second kappa shape index (κ2) is 5.64. The van der Waals surface area contributed by atoms with E-state index >= 15 is 0 Å². The predicted octanol–water partition coefficient (Wildman–Crippen LogP) is 1.74. The van der Waals surface area contributed by atoms with Gasteiger partial charge in [0.1, 0.15) is 0 Å². The molecular weight excluding hydrogens is 206 g/mol. The van der Waals surface area contributed by atoms with E-state index in [-0.39, 0.29) is 12.0 Å². The molecule has 4 nitrogen and oxygen atoms in total. The standard InChI is InChI=1S/C12H23NO3/c1-12(2,3)16-9-8-13(10-4-5-10)7-6-11(14)15/h10H,4-9H2,1-3H3,(H,14,15). The summed E-state index contributed by atoms with van der Waals surface area (Å²) in [5, 5.41) is 8.66. The van der Waals surface area contributed by atoms with Gasteiger partial charge in [0, 0.05) is 19.1 Å². The molecule has 16 heavy (non-hydrogen) atoms. The van der Waals surface area contributed by atoms with Gasteiger partial charge in [-0.3, -0.25) is 9.69 Å². The van der Waals surface area contributed by atoms with Crippen molar-refractivity contribution in [3.05, 3.63) is 0 Å². The van der Waals surface area contributed by atoms with E-state index in [4.69, 9.17) is 9.84 Å². The summed E-state index contributed by atoms with van der Waals surface area (Å²) >= 11 is 0. The highest BCUT2D eigenvalue weighted by Gasteiger charge is 2.28. The van der Waals surface area contributed by atoms with E-state index in [9.17, 15) is 4.79 Å². The number of carboxylic acid groups (broad SMARTS) is 1. The Balaban J connectivity index is 2.20. The topological polar surface area (TPSA) is 49.8 Å². The first-order valence-corrected chi connectivity index (χ1v) is 5.98. The van der Waals surface area contributed by atoms with Crippen LogP contribution in [0.25, 0.3) is 0 Å². The summed E-state index contributed by atoms with van der Waals surface area (Å²) in [6.45, 7) is 8.27. The highest BCUT2D eigenvalue weighted by Crippen LogP contribution is 2.26. The molecule has 0 saturated heterocycles.